The SMILES string of the molecule is O=C(Nc1ccc(S(=O)(=O)Nc2ccnc(Sc3ccccn3)c2)cc1)C(F)(F)F. The van der Waals surface area contributed by atoms with E-state index in [1.807, 2.05) is 6.07 Å². The van der Waals surface area contributed by atoms with Crippen LogP contribution >= 0.6 is 11.8 Å². The van der Waals surface area contributed by atoms with Gasteiger partial charge in [0.25, 0.3) is 10.0 Å². The molecule has 156 valence electrons. The Balaban J connectivity index is 1.72. The van der Waals surface area contributed by atoms with Gasteiger partial charge in [-0.05, 0) is 48.5 Å². The lowest BCUT2D eigenvalue weighted by atomic mass is 10.3. The van der Waals surface area contributed by atoms with Crippen molar-refractivity contribution in [1.82, 2.24) is 9.97 Å². The van der Waals surface area contributed by atoms with Crippen LogP contribution in [0.2, 0.25) is 0 Å². The zero-order valence-corrected chi connectivity index (χ0v) is 16.6. The van der Waals surface area contributed by atoms with Crippen LogP contribution in [0, 0.1) is 0 Å². The highest BCUT2D eigenvalue weighted by Gasteiger charge is 2.38. The predicted molar refractivity (Wildman–Crippen MR) is 105 cm³/mol. The van der Waals surface area contributed by atoms with E-state index in [1.54, 1.807) is 23.6 Å². The Kier molecular flexibility index (Phi) is 6.27. The van der Waals surface area contributed by atoms with Gasteiger partial charge in [-0.3, -0.25) is 9.52 Å². The highest BCUT2D eigenvalue weighted by Crippen LogP contribution is 2.27. The van der Waals surface area contributed by atoms with Gasteiger partial charge in [-0.15, -0.1) is 0 Å². The van der Waals surface area contributed by atoms with Crippen molar-refractivity contribution in [3.05, 3.63) is 67.0 Å². The number of halogens is 3. The van der Waals surface area contributed by atoms with Gasteiger partial charge in [0.1, 0.15) is 10.1 Å². The molecule has 2 heterocycles. The van der Waals surface area contributed by atoms with E-state index in [0.29, 0.717) is 10.1 Å². The number of hydrogen-bond donors (Lipinski definition) is 2. The van der Waals surface area contributed by atoms with Crippen molar-refractivity contribution in [2.45, 2.75) is 21.1 Å². The normalized spacial score (nSPS) is 11.7. The Hall–Kier alpha value is -3.12. The number of aromatic nitrogens is 2. The first-order valence-corrected chi connectivity index (χ1v) is 10.5. The average Bonchev–Trinajstić information content (AvgIpc) is 2.68. The molecule has 0 aliphatic rings. The van der Waals surface area contributed by atoms with Crippen molar-refractivity contribution in [3.8, 4) is 0 Å². The molecular formula is C18H13F3N4O3S2. The van der Waals surface area contributed by atoms with E-state index in [1.165, 1.54) is 30.1 Å². The van der Waals surface area contributed by atoms with Gasteiger partial charge in [0.05, 0.1) is 10.6 Å². The van der Waals surface area contributed by atoms with Crippen LogP contribution in [0.3, 0.4) is 0 Å². The van der Waals surface area contributed by atoms with Gasteiger partial charge in [0, 0.05) is 18.1 Å². The average molecular weight is 454 g/mol. The predicted octanol–water partition coefficient (Wildman–Crippen LogP) is 3.93. The van der Waals surface area contributed by atoms with Gasteiger partial charge in [-0.25, -0.2) is 18.4 Å². The number of pyridine rings is 2. The van der Waals surface area contributed by atoms with E-state index >= 15 is 0 Å². The van der Waals surface area contributed by atoms with Crippen molar-refractivity contribution in [2.75, 3.05) is 10.0 Å². The van der Waals surface area contributed by atoms with Crippen LogP contribution in [-0.4, -0.2) is 30.5 Å². The molecule has 0 spiro atoms. The minimum absolute atomic E-state index is 0.186. The monoisotopic (exact) mass is 454 g/mol. The molecule has 0 fully saturated rings. The lowest BCUT2D eigenvalue weighted by Gasteiger charge is -2.11. The molecule has 1 aromatic carbocycles. The fraction of sp³-hybridized carbons (Fsp3) is 0.0556. The Labute approximate surface area is 173 Å². The van der Waals surface area contributed by atoms with E-state index < -0.39 is 22.1 Å². The third-order valence-corrected chi connectivity index (χ3v) is 5.79. The van der Waals surface area contributed by atoms with E-state index in [9.17, 15) is 26.4 Å². The molecule has 30 heavy (non-hydrogen) atoms. The smallest absolute Gasteiger partial charge is 0.318 e. The number of carbonyl (C=O) groups is 1. The molecule has 7 nitrogen and oxygen atoms in total. The van der Waals surface area contributed by atoms with Gasteiger partial charge in [0.2, 0.25) is 0 Å². The van der Waals surface area contributed by atoms with Gasteiger partial charge in [-0.2, -0.15) is 13.2 Å². The van der Waals surface area contributed by atoms with E-state index in [-0.39, 0.29) is 16.3 Å². The first-order chi connectivity index (χ1) is 14.1. The molecule has 1 amide bonds. The summed E-state index contributed by atoms with van der Waals surface area (Å²) in [6.45, 7) is 0. The molecule has 2 N–H and O–H groups in total. The summed E-state index contributed by atoms with van der Waals surface area (Å²) in [5.41, 5.74) is 0.0621. The molecule has 0 bridgehead atoms. The highest BCUT2D eigenvalue weighted by molar-refractivity contribution is 7.99. The highest BCUT2D eigenvalue weighted by atomic mass is 32.2. The maximum absolute atomic E-state index is 12.5. The summed E-state index contributed by atoms with van der Waals surface area (Å²) in [4.78, 5) is 19.1. The first-order valence-electron chi connectivity index (χ1n) is 8.19. The third kappa shape index (κ3) is 5.70. The Morgan fingerprint density at radius 3 is 2.23 bits per heavy atom. The Morgan fingerprint density at radius 1 is 0.900 bits per heavy atom. The minimum atomic E-state index is -5.04. The Morgan fingerprint density at radius 2 is 1.60 bits per heavy atom. The second-order valence-corrected chi connectivity index (χ2v) is 8.46. The molecule has 0 unspecified atom stereocenters. The minimum Gasteiger partial charge on any atom is -0.318 e. The molecule has 0 aliphatic carbocycles. The Bertz CT molecular complexity index is 1140. The second-order valence-electron chi connectivity index (χ2n) is 5.73. The lowest BCUT2D eigenvalue weighted by molar-refractivity contribution is -0.167. The standard InChI is InChI=1S/C18H13F3N4O3S2/c19-18(20,21)17(26)24-12-4-6-14(7-5-12)30(27,28)25-13-8-10-23-16(11-13)29-15-3-1-2-9-22-15/h1-11H,(H,23,25)(H,24,26). The summed E-state index contributed by atoms with van der Waals surface area (Å²) in [7, 11) is -4.01. The van der Waals surface area contributed by atoms with Crippen LogP contribution < -0.4 is 10.0 Å². The molecule has 0 atom stereocenters. The van der Waals surface area contributed by atoms with Crippen LogP contribution in [0.15, 0.2) is 81.9 Å². The summed E-state index contributed by atoms with van der Waals surface area (Å²) >= 11 is 1.24. The second kappa shape index (κ2) is 8.71. The number of benzene rings is 1. The van der Waals surface area contributed by atoms with Crippen molar-refractivity contribution in [2.24, 2.45) is 0 Å². The molecule has 2 aromatic heterocycles. The number of carbonyl (C=O) groups excluding carboxylic acids is 1. The lowest BCUT2D eigenvalue weighted by Crippen LogP contribution is -2.29. The largest absolute Gasteiger partial charge is 0.471 e. The van der Waals surface area contributed by atoms with E-state index in [2.05, 4.69) is 14.7 Å². The number of nitrogens with one attached hydrogen (secondary N) is 2. The molecule has 3 aromatic rings. The zero-order valence-electron chi connectivity index (χ0n) is 14.9. The van der Waals surface area contributed by atoms with Gasteiger partial charge >= 0.3 is 12.1 Å². The van der Waals surface area contributed by atoms with Crippen LogP contribution in [0.4, 0.5) is 24.5 Å². The third-order valence-electron chi connectivity index (χ3n) is 3.51. The van der Waals surface area contributed by atoms with Crippen LogP contribution in [-0.2, 0) is 14.8 Å². The number of anilines is 2. The molecular weight excluding hydrogens is 441 g/mol. The number of rotatable bonds is 6. The number of sulfonamides is 1. The summed E-state index contributed by atoms with van der Waals surface area (Å²) in [5.74, 6) is -2.15. The fourth-order valence-corrected chi connectivity index (χ4v) is 4.00. The summed E-state index contributed by atoms with van der Waals surface area (Å²) in [6.07, 6.45) is -1.99. The summed E-state index contributed by atoms with van der Waals surface area (Å²) in [5, 5.41) is 2.84. The number of amides is 1. The van der Waals surface area contributed by atoms with Crippen LogP contribution in [0.5, 0.6) is 0 Å². The molecule has 0 radical (unpaired) electrons. The first kappa shape index (κ1) is 21.6. The maximum Gasteiger partial charge on any atom is 0.471 e. The number of alkyl halides is 3. The topological polar surface area (TPSA) is 101 Å². The van der Waals surface area contributed by atoms with E-state index in [0.717, 1.165) is 24.3 Å². The van der Waals surface area contributed by atoms with Gasteiger partial charge in [-0.1, -0.05) is 17.8 Å². The van der Waals surface area contributed by atoms with E-state index in [4.69, 9.17) is 0 Å². The molecule has 0 aliphatic heterocycles. The number of nitrogens with zero attached hydrogens (tertiary/aromatic N) is 2. The quantitative estimate of drug-likeness (QED) is 0.585. The fourth-order valence-electron chi connectivity index (χ4n) is 2.18. The van der Waals surface area contributed by atoms with Crippen molar-refractivity contribution < 1.29 is 26.4 Å². The zero-order chi connectivity index (χ0) is 21.8. The van der Waals surface area contributed by atoms with Crippen LogP contribution in [0.1, 0.15) is 0 Å². The molecule has 3 rings (SSSR count). The summed E-state index contributed by atoms with van der Waals surface area (Å²) in [6, 6.07) is 12.6. The van der Waals surface area contributed by atoms with Crippen molar-refractivity contribution in [3.63, 3.8) is 0 Å². The van der Waals surface area contributed by atoms with Gasteiger partial charge < -0.3 is 5.32 Å². The van der Waals surface area contributed by atoms with Crippen molar-refractivity contribution in [1.29, 1.82) is 0 Å². The number of hydrogen-bond acceptors (Lipinski definition) is 6. The van der Waals surface area contributed by atoms with Gasteiger partial charge in [0.15, 0.2) is 0 Å². The maximum atomic E-state index is 12.5. The summed E-state index contributed by atoms with van der Waals surface area (Å²) < 4.78 is 64.3. The van der Waals surface area contributed by atoms with Crippen LogP contribution in [0.25, 0.3) is 0 Å². The molecule has 12 heteroatoms. The molecule has 0 saturated carbocycles. The molecule has 0 saturated heterocycles. The van der Waals surface area contributed by atoms with Crippen molar-refractivity contribution >= 4 is 39.1 Å².